The van der Waals surface area contributed by atoms with Crippen molar-refractivity contribution in [2.24, 2.45) is 5.92 Å². The van der Waals surface area contributed by atoms with Crippen LogP contribution >= 0.6 is 0 Å². The molecule has 2 heterocycles. The Morgan fingerprint density at radius 1 is 1.00 bits per heavy atom. The highest BCUT2D eigenvalue weighted by molar-refractivity contribution is 5.93. The number of ether oxygens (including phenoxy) is 2. The molecule has 0 aliphatic carbocycles. The number of hydrogen-bond donors (Lipinski definition) is 1. The molecule has 1 amide bonds. The molecule has 1 fully saturated rings. The van der Waals surface area contributed by atoms with Crippen molar-refractivity contribution in [1.29, 1.82) is 0 Å². The fourth-order valence-corrected chi connectivity index (χ4v) is 4.78. The van der Waals surface area contributed by atoms with Crippen LogP contribution < -0.4 is 19.7 Å². The van der Waals surface area contributed by atoms with Gasteiger partial charge in [-0.15, -0.1) is 0 Å². The molecule has 0 atom stereocenters. The number of para-hydroxylation sites is 2. The Bertz CT molecular complexity index is 1380. The summed E-state index contributed by atoms with van der Waals surface area (Å²) in [5, 5.41) is 3.01. The zero-order valence-corrected chi connectivity index (χ0v) is 20.4. The number of nitrogens with zero attached hydrogens (tertiary/aromatic N) is 3. The molecule has 0 spiro atoms. The molecule has 1 aliphatic heterocycles. The van der Waals surface area contributed by atoms with E-state index in [1.807, 2.05) is 36.4 Å². The first-order valence-corrected chi connectivity index (χ1v) is 12.0. The van der Waals surface area contributed by atoms with E-state index in [0.717, 1.165) is 22.5 Å². The SMILES string of the molecule is COc1ccc(NC(=O)C2CCN(c3nc4ccccc4n3Cc3cccc(F)c3)CC2)cc1OC. The molecule has 1 N–H and O–H groups in total. The van der Waals surface area contributed by atoms with E-state index in [1.54, 1.807) is 38.5 Å². The molecule has 5 rings (SSSR count). The number of carbonyl (C=O) groups excluding carboxylic acids is 1. The van der Waals surface area contributed by atoms with Crippen molar-refractivity contribution in [2.45, 2.75) is 19.4 Å². The van der Waals surface area contributed by atoms with Crippen molar-refractivity contribution < 1.29 is 18.7 Å². The van der Waals surface area contributed by atoms with E-state index < -0.39 is 0 Å². The summed E-state index contributed by atoms with van der Waals surface area (Å²) in [5.74, 6) is 1.68. The summed E-state index contributed by atoms with van der Waals surface area (Å²) in [6, 6.07) is 20.0. The average Bonchev–Trinajstić information content (AvgIpc) is 3.27. The second-order valence-electron chi connectivity index (χ2n) is 8.94. The van der Waals surface area contributed by atoms with Gasteiger partial charge < -0.3 is 24.3 Å². The van der Waals surface area contributed by atoms with Crippen LogP contribution in [-0.4, -0.2) is 42.8 Å². The predicted molar refractivity (Wildman–Crippen MR) is 138 cm³/mol. The summed E-state index contributed by atoms with van der Waals surface area (Å²) in [5.41, 5.74) is 3.46. The van der Waals surface area contributed by atoms with Gasteiger partial charge in [-0.1, -0.05) is 24.3 Å². The second kappa shape index (κ2) is 10.3. The van der Waals surface area contributed by atoms with Crippen LogP contribution in [0.25, 0.3) is 11.0 Å². The number of anilines is 2. The van der Waals surface area contributed by atoms with Gasteiger partial charge in [0.1, 0.15) is 5.82 Å². The van der Waals surface area contributed by atoms with Crippen molar-refractivity contribution >= 4 is 28.6 Å². The molecule has 186 valence electrons. The lowest BCUT2D eigenvalue weighted by Gasteiger charge is -2.32. The minimum absolute atomic E-state index is 0.00451. The molecule has 1 aromatic heterocycles. The zero-order valence-electron chi connectivity index (χ0n) is 20.4. The number of carbonyl (C=O) groups is 1. The van der Waals surface area contributed by atoms with Crippen molar-refractivity contribution in [3.63, 3.8) is 0 Å². The van der Waals surface area contributed by atoms with E-state index in [1.165, 1.54) is 6.07 Å². The lowest BCUT2D eigenvalue weighted by Crippen LogP contribution is -2.39. The highest BCUT2D eigenvalue weighted by Gasteiger charge is 2.28. The molecule has 8 heteroatoms. The Hall–Kier alpha value is -4.07. The van der Waals surface area contributed by atoms with E-state index in [-0.39, 0.29) is 17.6 Å². The minimum Gasteiger partial charge on any atom is -0.493 e. The van der Waals surface area contributed by atoms with Crippen LogP contribution in [0.15, 0.2) is 66.7 Å². The summed E-state index contributed by atoms with van der Waals surface area (Å²) in [7, 11) is 3.15. The minimum atomic E-state index is -0.250. The fraction of sp³-hybridized carbons (Fsp3) is 0.286. The van der Waals surface area contributed by atoms with Gasteiger partial charge >= 0.3 is 0 Å². The van der Waals surface area contributed by atoms with E-state index in [2.05, 4.69) is 14.8 Å². The first kappa shape index (κ1) is 23.7. The molecule has 1 saturated heterocycles. The monoisotopic (exact) mass is 488 g/mol. The first-order valence-electron chi connectivity index (χ1n) is 12.0. The maximum atomic E-state index is 13.8. The van der Waals surface area contributed by atoms with Crippen LogP contribution in [0.3, 0.4) is 0 Å². The Balaban J connectivity index is 1.30. The van der Waals surface area contributed by atoms with E-state index in [9.17, 15) is 9.18 Å². The Morgan fingerprint density at radius 3 is 2.53 bits per heavy atom. The quantitative estimate of drug-likeness (QED) is 0.392. The van der Waals surface area contributed by atoms with Gasteiger partial charge in [-0.25, -0.2) is 9.37 Å². The lowest BCUT2D eigenvalue weighted by molar-refractivity contribution is -0.120. The molecule has 0 saturated carbocycles. The van der Waals surface area contributed by atoms with Crippen LogP contribution in [0.4, 0.5) is 16.0 Å². The van der Waals surface area contributed by atoms with Gasteiger partial charge in [0.05, 0.1) is 31.8 Å². The topological polar surface area (TPSA) is 68.6 Å². The largest absolute Gasteiger partial charge is 0.493 e. The number of imidazole rings is 1. The molecule has 0 unspecified atom stereocenters. The maximum absolute atomic E-state index is 13.8. The van der Waals surface area contributed by atoms with Gasteiger partial charge in [-0.05, 0) is 54.8 Å². The highest BCUT2D eigenvalue weighted by atomic mass is 19.1. The number of benzene rings is 3. The van der Waals surface area contributed by atoms with Crippen LogP contribution in [0.5, 0.6) is 11.5 Å². The third kappa shape index (κ3) is 4.84. The van der Waals surface area contributed by atoms with E-state index >= 15 is 0 Å². The number of hydrogen-bond acceptors (Lipinski definition) is 5. The first-order chi connectivity index (χ1) is 17.6. The van der Waals surface area contributed by atoms with Crippen molar-refractivity contribution in [1.82, 2.24) is 9.55 Å². The van der Waals surface area contributed by atoms with Gasteiger partial charge in [0.2, 0.25) is 11.9 Å². The van der Waals surface area contributed by atoms with Crippen molar-refractivity contribution in [3.8, 4) is 11.5 Å². The lowest BCUT2D eigenvalue weighted by atomic mass is 9.96. The fourth-order valence-electron chi connectivity index (χ4n) is 4.78. The zero-order chi connectivity index (χ0) is 25.1. The van der Waals surface area contributed by atoms with Crippen LogP contribution in [-0.2, 0) is 11.3 Å². The van der Waals surface area contributed by atoms with Gasteiger partial charge in [0, 0.05) is 30.8 Å². The Labute approximate surface area is 209 Å². The molecule has 1 aliphatic rings. The molecule has 36 heavy (non-hydrogen) atoms. The summed E-state index contributed by atoms with van der Waals surface area (Å²) in [4.78, 5) is 20.1. The number of halogens is 1. The molecule has 0 radical (unpaired) electrons. The number of piperidine rings is 1. The Kier molecular flexibility index (Phi) is 6.75. The maximum Gasteiger partial charge on any atom is 0.227 e. The third-order valence-electron chi connectivity index (χ3n) is 6.66. The van der Waals surface area contributed by atoms with Gasteiger partial charge in [0.15, 0.2) is 11.5 Å². The highest BCUT2D eigenvalue weighted by Crippen LogP contribution is 2.31. The van der Waals surface area contributed by atoms with Gasteiger partial charge in [-0.2, -0.15) is 0 Å². The number of methoxy groups -OCH3 is 2. The van der Waals surface area contributed by atoms with Crippen molar-refractivity contribution in [2.75, 3.05) is 37.5 Å². The smallest absolute Gasteiger partial charge is 0.227 e. The number of amides is 1. The molecular formula is C28H29FN4O3. The molecule has 3 aromatic carbocycles. The number of rotatable bonds is 7. The standard InChI is InChI=1S/C28H29FN4O3/c1-35-25-11-10-22(17-26(25)36-2)30-27(34)20-12-14-32(15-13-20)28-31-23-8-3-4-9-24(23)33(28)18-19-6-5-7-21(29)16-19/h3-11,16-17,20H,12-15,18H2,1-2H3,(H,30,34). The molecule has 4 aromatic rings. The number of nitrogens with one attached hydrogen (secondary N) is 1. The molecule has 7 nitrogen and oxygen atoms in total. The third-order valence-corrected chi connectivity index (χ3v) is 6.66. The summed E-state index contributed by atoms with van der Waals surface area (Å²) in [6.45, 7) is 1.93. The van der Waals surface area contributed by atoms with Gasteiger partial charge in [0.25, 0.3) is 0 Å². The van der Waals surface area contributed by atoms with Crippen LogP contribution in [0.1, 0.15) is 18.4 Å². The normalized spacial score (nSPS) is 14.1. The predicted octanol–water partition coefficient (Wildman–Crippen LogP) is 5.10. The number of fused-ring (bicyclic) bond motifs is 1. The van der Waals surface area contributed by atoms with Crippen molar-refractivity contribution in [3.05, 3.63) is 78.1 Å². The van der Waals surface area contributed by atoms with E-state index in [0.29, 0.717) is 49.7 Å². The van der Waals surface area contributed by atoms with Crippen LogP contribution in [0.2, 0.25) is 0 Å². The second-order valence-corrected chi connectivity index (χ2v) is 8.94. The summed E-state index contributed by atoms with van der Waals surface area (Å²) < 4.78 is 26.6. The van der Waals surface area contributed by atoms with Crippen LogP contribution in [0, 0.1) is 11.7 Å². The summed E-state index contributed by atoms with van der Waals surface area (Å²) >= 11 is 0. The average molecular weight is 489 g/mol. The molecular weight excluding hydrogens is 459 g/mol. The Morgan fingerprint density at radius 2 is 1.78 bits per heavy atom. The van der Waals surface area contributed by atoms with E-state index in [4.69, 9.17) is 14.5 Å². The number of aromatic nitrogens is 2. The van der Waals surface area contributed by atoms with Gasteiger partial charge in [-0.3, -0.25) is 4.79 Å². The summed E-state index contributed by atoms with van der Waals surface area (Å²) in [6.07, 6.45) is 1.42. The molecule has 0 bridgehead atoms.